The van der Waals surface area contributed by atoms with Gasteiger partial charge in [0, 0.05) is 11.4 Å². The molecular weight excluding hydrogens is 306 g/mol. The van der Waals surface area contributed by atoms with Crippen molar-refractivity contribution in [1.29, 1.82) is 0 Å². The zero-order valence-corrected chi connectivity index (χ0v) is 12.8. The fourth-order valence-corrected chi connectivity index (χ4v) is 2.32. The Kier molecular flexibility index (Phi) is 4.77. The molecule has 22 heavy (non-hydrogen) atoms. The van der Waals surface area contributed by atoms with E-state index in [1.54, 1.807) is 6.07 Å². The van der Waals surface area contributed by atoms with Gasteiger partial charge in [-0.3, -0.25) is 10.1 Å². The van der Waals surface area contributed by atoms with Gasteiger partial charge in [0.2, 0.25) is 0 Å². The van der Waals surface area contributed by atoms with Crippen LogP contribution in [-0.4, -0.2) is 14.9 Å². The predicted octanol–water partition coefficient (Wildman–Crippen LogP) is 3.21. The molecule has 7 nitrogen and oxygen atoms in total. The molecular formula is C14H16ClN5O2. The number of nitro groups is 1. The van der Waals surface area contributed by atoms with Gasteiger partial charge in [0.15, 0.2) is 5.82 Å². The minimum atomic E-state index is -0.586. The third kappa shape index (κ3) is 3.25. The van der Waals surface area contributed by atoms with Gasteiger partial charge in [-0.2, -0.15) is 0 Å². The minimum Gasteiger partial charge on any atom is -0.398 e. The lowest BCUT2D eigenvalue weighted by molar-refractivity contribution is -0.383. The molecule has 4 N–H and O–H groups in total. The second-order valence-electron chi connectivity index (χ2n) is 4.83. The van der Waals surface area contributed by atoms with Gasteiger partial charge in [-0.15, -0.1) is 0 Å². The zero-order chi connectivity index (χ0) is 16.3. The van der Waals surface area contributed by atoms with Crippen LogP contribution in [0.4, 0.5) is 17.1 Å². The first-order chi connectivity index (χ1) is 10.4. The SMILES string of the molecule is CCCCc1cc(Cl)nc(-c2c(N)ccc(N)c2[N+](=O)[O-])n1. The van der Waals surface area contributed by atoms with Crippen molar-refractivity contribution in [3.05, 3.63) is 39.2 Å². The number of nitro benzene ring substituents is 1. The number of unbranched alkanes of at least 4 members (excludes halogenated alkanes) is 1. The maximum absolute atomic E-state index is 11.3. The molecule has 0 spiro atoms. The Morgan fingerprint density at radius 3 is 2.59 bits per heavy atom. The number of nitrogen functional groups attached to an aromatic ring is 2. The van der Waals surface area contributed by atoms with Crippen molar-refractivity contribution in [2.24, 2.45) is 0 Å². The molecule has 0 bridgehead atoms. The zero-order valence-electron chi connectivity index (χ0n) is 12.0. The largest absolute Gasteiger partial charge is 0.398 e. The molecule has 0 unspecified atom stereocenters. The Bertz CT molecular complexity index is 721. The summed E-state index contributed by atoms with van der Waals surface area (Å²) in [4.78, 5) is 19.1. The summed E-state index contributed by atoms with van der Waals surface area (Å²) in [6, 6.07) is 4.53. The summed E-state index contributed by atoms with van der Waals surface area (Å²) in [7, 11) is 0. The summed E-state index contributed by atoms with van der Waals surface area (Å²) in [5.74, 6) is 0.120. The first kappa shape index (κ1) is 16.0. The number of rotatable bonds is 5. The van der Waals surface area contributed by atoms with Crippen LogP contribution in [0.3, 0.4) is 0 Å². The molecule has 0 aliphatic heterocycles. The normalized spacial score (nSPS) is 10.6. The van der Waals surface area contributed by atoms with E-state index >= 15 is 0 Å². The van der Waals surface area contributed by atoms with E-state index in [1.807, 2.05) is 0 Å². The van der Waals surface area contributed by atoms with Crippen LogP contribution in [0, 0.1) is 10.1 Å². The van der Waals surface area contributed by atoms with Crippen LogP contribution in [0.2, 0.25) is 5.15 Å². The maximum atomic E-state index is 11.3. The van der Waals surface area contributed by atoms with Crippen molar-refractivity contribution in [1.82, 2.24) is 9.97 Å². The molecule has 1 aromatic heterocycles. The summed E-state index contributed by atoms with van der Waals surface area (Å²) in [6.45, 7) is 2.06. The summed E-state index contributed by atoms with van der Waals surface area (Å²) >= 11 is 6.01. The van der Waals surface area contributed by atoms with E-state index in [-0.39, 0.29) is 33.6 Å². The van der Waals surface area contributed by atoms with E-state index in [9.17, 15) is 10.1 Å². The van der Waals surface area contributed by atoms with Gasteiger partial charge in [0.25, 0.3) is 0 Å². The van der Waals surface area contributed by atoms with Crippen LogP contribution in [0.5, 0.6) is 0 Å². The van der Waals surface area contributed by atoms with E-state index in [2.05, 4.69) is 16.9 Å². The highest BCUT2D eigenvalue weighted by molar-refractivity contribution is 6.29. The molecule has 1 aromatic carbocycles. The number of nitrogens with zero attached hydrogens (tertiary/aromatic N) is 3. The van der Waals surface area contributed by atoms with Gasteiger partial charge in [-0.05, 0) is 31.0 Å². The quantitative estimate of drug-likeness (QED) is 0.377. The Hall–Kier alpha value is -2.41. The molecule has 2 aromatic rings. The Labute approximate surface area is 132 Å². The molecule has 0 saturated carbocycles. The second-order valence-corrected chi connectivity index (χ2v) is 5.22. The number of hydrogen-bond acceptors (Lipinski definition) is 6. The number of nitrogens with two attached hydrogens (primary N) is 2. The highest BCUT2D eigenvalue weighted by atomic mass is 35.5. The van der Waals surface area contributed by atoms with E-state index in [0.717, 1.165) is 12.8 Å². The van der Waals surface area contributed by atoms with Crippen LogP contribution in [0.15, 0.2) is 18.2 Å². The third-order valence-electron chi connectivity index (χ3n) is 3.18. The summed E-state index contributed by atoms with van der Waals surface area (Å²) < 4.78 is 0. The molecule has 0 amide bonds. The van der Waals surface area contributed by atoms with Crippen molar-refractivity contribution in [2.45, 2.75) is 26.2 Å². The van der Waals surface area contributed by atoms with Crippen molar-refractivity contribution < 1.29 is 4.92 Å². The molecule has 1 heterocycles. The Morgan fingerprint density at radius 1 is 1.27 bits per heavy atom. The molecule has 0 aliphatic carbocycles. The number of aryl methyl sites for hydroxylation is 1. The van der Waals surface area contributed by atoms with Crippen LogP contribution in [0.25, 0.3) is 11.4 Å². The maximum Gasteiger partial charge on any atom is 0.305 e. The summed E-state index contributed by atoms with van der Waals surface area (Å²) in [5.41, 5.74) is 12.3. The van der Waals surface area contributed by atoms with E-state index in [0.29, 0.717) is 12.1 Å². The highest BCUT2D eigenvalue weighted by Gasteiger charge is 2.24. The monoisotopic (exact) mass is 321 g/mol. The second kappa shape index (κ2) is 6.57. The van der Waals surface area contributed by atoms with Gasteiger partial charge in [0.05, 0.1) is 4.92 Å². The third-order valence-corrected chi connectivity index (χ3v) is 3.38. The van der Waals surface area contributed by atoms with E-state index in [4.69, 9.17) is 23.1 Å². The van der Waals surface area contributed by atoms with Crippen molar-refractivity contribution >= 4 is 28.7 Å². The fourth-order valence-electron chi connectivity index (χ4n) is 2.12. The molecule has 0 atom stereocenters. The minimum absolute atomic E-state index is 0.00730. The number of benzene rings is 1. The van der Waals surface area contributed by atoms with E-state index in [1.165, 1.54) is 12.1 Å². The van der Waals surface area contributed by atoms with Crippen LogP contribution in [0.1, 0.15) is 25.5 Å². The molecule has 0 fully saturated rings. The average molecular weight is 322 g/mol. The van der Waals surface area contributed by atoms with Crippen molar-refractivity contribution in [2.75, 3.05) is 11.5 Å². The number of aromatic nitrogens is 2. The first-order valence-electron chi connectivity index (χ1n) is 6.80. The molecule has 8 heteroatoms. The van der Waals surface area contributed by atoms with Crippen molar-refractivity contribution in [3.8, 4) is 11.4 Å². The smallest absolute Gasteiger partial charge is 0.305 e. The highest BCUT2D eigenvalue weighted by Crippen LogP contribution is 2.38. The number of anilines is 2. The Balaban J connectivity index is 2.63. The van der Waals surface area contributed by atoms with Gasteiger partial charge >= 0.3 is 5.69 Å². The van der Waals surface area contributed by atoms with Gasteiger partial charge < -0.3 is 11.5 Å². The summed E-state index contributed by atoms with van der Waals surface area (Å²) in [5, 5.41) is 11.5. The molecule has 2 rings (SSSR count). The lowest BCUT2D eigenvalue weighted by Gasteiger charge is -2.09. The van der Waals surface area contributed by atoms with E-state index < -0.39 is 4.92 Å². The van der Waals surface area contributed by atoms with Gasteiger partial charge in [-0.25, -0.2) is 9.97 Å². The van der Waals surface area contributed by atoms with Crippen molar-refractivity contribution in [3.63, 3.8) is 0 Å². The molecule has 0 saturated heterocycles. The molecule has 0 aliphatic rings. The predicted molar refractivity (Wildman–Crippen MR) is 86.6 cm³/mol. The average Bonchev–Trinajstić information content (AvgIpc) is 2.46. The Morgan fingerprint density at radius 2 is 1.95 bits per heavy atom. The fraction of sp³-hybridized carbons (Fsp3) is 0.286. The standard InChI is InChI=1S/C14H16ClN5O2/c1-2-3-4-8-7-11(15)19-14(18-8)12-9(16)5-6-10(17)13(12)20(21)22/h5-7H,2-4,16-17H2,1H3. The van der Waals surface area contributed by atoms with Crippen LogP contribution in [-0.2, 0) is 6.42 Å². The topological polar surface area (TPSA) is 121 Å². The molecule has 0 radical (unpaired) electrons. The van der Waals surface area contributed by atoms with Gasteiger partial charge in [0.1, 0.15) is 16.4 Å². The van der Waals surface area contributed by atoms with Gasteiger partial charge in [-0.1, -0.05) is 24.9 Å². The lowest BCUT2D eigenvalue weighted by atomic mass is 10.1. The van der Waals surface area contributed by atoms with Crippen LogP contribution >= 0.6 is 11.6 Å². The molecule has 116 valence electrons. The first-order valence-corrected chi connectivity index (χ1v) is 7.18. The number of hydrogen-bond donors (Lipinski definition) is 2. The lowest BCUT2D eigenvalue weighted by Crippen LogP contribution is -2.05. The summed E-state index contributed by atoms with van der Waals surface area (Å²) in [6.07, 6.45) is 2.64. The van der Waals surface area contributed by atoms with Crippen LogP contribution < -0.4 is 11.5 Å². The number of halogens is 1.